The minimum atomic E-state index is -0.492. The smallest absolute Gasteiger partial charge is 0.319 e. The molecule has 1 aromatic carbocycles. The van der Waals surface area contributed by atoms with E-state index in [1.54, 1.807) is 0 Å². The maximum atomic E-state index is 11.8. The van der Waals surface area contributed by atoms with Crippen LogP contribution in [0.15, 0.2) is 24.3 Å². The summed E-state index contributed by atoms with van der Waals surface area (Å²) in [6, 6.07) is 5.26. The summed E-state index contributed by atoms with van der Waals surface area (Å²) < 4.78 is 0. The van der Waals surface area contributed by atoms with E-state index in [1.165, 1.54) is 24.3 Å². The number of urea groups is 1. The Morgan fingerprint density at radius 1 is 1.35 bits per heavy atom. The number of hydrogen-bond donors (Lipinski definition) is 3. The van der Waals surface area contributed by atoms with E-state index in [0.29, 0.717) is 5.69 Å². The summed E-state index contributed by atoms with van der Waals surface area (Å²) >= 11 is 0. The van der Waals surface area contributed by atoms with Crippen LogP contribution in [0.2, 0.25) is 0 Å². The highest BCUT2D eigenvalue weighted by atomic mass is 16.6. The van der Waals surface area contributed by atoms with Crippen LogP contribution in [0.4, 0.5) is 16.2 Å². The maximum absolute atomic E-state index is 11.8. The summed E-state index contributed by atoms with van der Waals surface area (Å²) in [6.45, 7) is 0.0719. The van der Waals surface area contributed by atoms with E-state index >= 15 is 0 Å². The van der Waals surface area contributed by atoms with Crippen LogP contribution in [0, 0.1) is 16.0 Å². The molecule has 7 nitrogen and oxygen atoms in total. The first-order chi connectivity index (χ1) is 9.60. The van der Waals surface area contributed by atoms with Crippen molar-refractivity contribution in [3.05, 3.63) is 34.4 Å². The van der Waals surface area contributed by atoms with Crippen LogP contribution in [-0.4, -0.2) is 28.7 Å². The van der Waals surface area contributed by atoms with Crippen molar-refractivity contribution in [3.8, 4) is 0 Å². The molecule has 0 saturated heterocycles. The number of anilines is 1. The molecule has 7 heteroatoms. The van der Waals surface area contributed by atoms with Gasteiger partial charge in [0, 0.05) is 36.4 Å². The molecule has 2 rings (SSSR count). The molecule has 0 heterocycles. The number of amides is 2. The summed E-state index contributed by atoms with van der Waals surface area (Å²) in [5, 5.41) is 25.1. The predicted octanol–water partition coefficient (Wildman–Crippen LogP) is 1.88. The molecule has 0 aromatic heterocycles. The van der Waals surface area contributed by atoms with Crippen LogP contribution in [0.25, 0.3) is 0 Å². The number of carbonyl (C=O) groups is 1. The van der Waals surface area contributed by atoms with E-state index in [4.69, 9.17) is 0 Å². The second-order valence-electron chi connectivity index (χ2n) is 4.88. The molecule has 20 heavy (non-hydrogen) atoms. The Morgan fingerprint density at radius 2 is 2.05 bits per heavy atom. The van der Waals surface area contributed by atoms with E-state index in [0.717, 1.165) is 19.3 Å². The van der Waals surface area contributed by atoms with Gasteiger partial charge in [0.15, 0.2) is 0 Å². The lowest BCUT2D eigenvalue weighted by atomic mass is 10.1. The number of benzene rings is 1. The van der Waals surface area contributed by atoms with Crippen LogP contribution in [0.3, 0.4) is 0 Å². The van der Waals surface area contributed by atoms with Crippen molar-refractivity contribution in [2.45, 2.75) is 25.3 Å². The van der Waals surface area contributed by atoms with Gasteiger partial charge in [0.05, 0.1) is 4.92 Å². The summed E-state index contributed by atoms with van der Waals surface area (Å²) in [5.41, 5.74) is 0.471. The van der Waals surface area contributed by atoms with Crippen molar-refractivity contribution < 1.29 is 14.8 Å². The van der Waals surface area contributed by atoms with Gasteiger partial charge in [0.2, 0.25) is 0 Å². The molecule has 0 radical (unpaired) electrons. The van der Waals surface area contributed by atoms with Crippen LogP contribution in [0.5, 0.6) is 0 Å². The number of hydrogen-bond acceptors (Lipinski definition) is 4. The van der Waals surface area contributed by atoms with Gasteiger partial charge in [-0.2, -0.15) is 0 Å². The van der Waals surface area contributed by atoms with E-state index in [-0.39, 0.29) is 30.3 Å². The number of nitro benzene ring substituents is 1. The van der Waals surface area contributed by atoms with E-state index in [9.17, 15) is 20.0 Å². The Labute approximate surface area is 116 Å². The third kappa shape index (κ3) is 3.45. The quantitative estimate of drug-likeness (QED) is 0.578. The predicted molar refractivity (Wildman–Crippen MR) is 73.5 cm³/mol. The molecular formula is C13H17N3O4. The SMILES string of the molecule is O=C(Nc1ccc([N+](=O)[O-])cc1)NC1CCCC1CO. The minimum Gasteiger partial charge on any atom is -0.396 e. The molecule has 0 bridgehead atoms. The molecule has 2 amide bonds. The zero-order valence-electron chi connectivity index (χ0n) is 10.9. The minimum absolute atomic E-state index is 0.0157. The first kappa shape index (κ1) is 14.3. The Balaban J connectivity index is 1.89. The molecule has 0 spiro atoms. The van der Waals surface area contributed by atoms with Gasteiger partial charge in [-0.1, -0.05) is 6.42 Å². The van der Waals surface area contributed by atoms with Gasteiger partial charge >= 0.3 is 6.03 Å². The lowest BCUT2D eigenvalue weighted by Gasteiger charge is -2.19. The van der Waals surface area contributed by atoms with Crippen molar-refractivity contribution >= 4 is 17.4 Å². The van der Waals surface area contributed by atoms with Gasteiger partial charge in [-0.15, -0.1) is 0 Å². The lowest BCUT2D eigenvalue weighted by molar-refractivity contribution is -0.384. The molecule has 1 saturated carbocycles. The molecule has 1 fully saturated rings. The Morgan fingerprint density at radius 3 is 2.65 bits per heavy atom. The van der Waals surface area contributed by atoms with Gasteiger partial charge in [-0.05, 0) is 25.0 Å². The highest BCUT2D eigenvalue weighted by molar-refractivity contribution is 5.89. The van der Waals surface area contributed by atoms with Crippen molar-refractivity contribution in [1.29, 1.82) is 0 Å². The number of aliphatic hydroxyl groups is 1. The van der Waals surface area contributed by atoms with Gasteiger partial charge in [0.1, 0.15) is 0 Å². The fraction of sp³-hybridized carbons (Fsp3) is 0.462. The summed E-state index contributed by atoms with van der Waals surface area (Å²) in [5.74, 6) is 0.109. The van der Waals surface area contributed by atoms with Crippen molar-refractivity contribution in [2.75, 3.05) is 11.9 Å². The van der Waals surface area contributed by atoms with Crippen molar-refractivity contribution in [1.82, 2.24) is 5.32 Å². The summed E-state index contributed by atoms with van der Waals surface area (Å²) in [6.07, 6.45) is 2.77. The van der Waals surface area contributed by atoms with Gasteiger partial charge in [-0.3, -0.25) is 10.1 Å². The van der Waals surface area contributed by atoms with Crippen LogP contribution >= 0.6 is 0 Å². The molecule has 3 N–H and O–H groups in total. The second-order valence-corrected chi connectivity index (χ2v) is 4.88. The number of nitrogens with zero attached hydrogens (tertiary/aromatic N) is 1. The molecule has 1 aliphatic rings. The molecule has 0 aliphatic heterocycles. The maximum Gasteiger partial charge on any atom is 0.319 e. The fourth-order valence-electron chi connectivity index (χ4n) is 2.45. The highest BCUT2D eigenvalue weighted by Crippen LogP contribution is 2.25. The molecule has 2 unspecified atom stereocenters. The van der Waals surface area contributed by atoms with Gasteiger partial charge in [0.25, 0.3) is 5.69 Å². The van der Waals surface area contributed by atoms with E-state index < -0.39 is 4.92 Å². The summed E-state index contributed by atoms with van der Waals surface area (Å²) in [4.78, 5) is 21.8. The van der Waals surface area contributed by atoms with Crippen LogP contribution in [-0.2, 0) is 0 Å². The lowest BCUT2D eigenvalue weighted by Crippen LogP contribution is -2.41. The Bertz CT molecular complexity index is 489. The first-order valence-corrected chi connectivity index (χ1v) is 6.53. The largest absolute Gasteiger partial charge is 0.396 e. The molecule has 2 atom stereocenters. The van der Waals surface area contributed by atoms with Gasteiger partial charge in [-0.25, -0.2) is 4.79 Å². The monoisotopic (exact) mass is 279 g/mol. The van der Waals surface area contributed by atoms with Crippen molar-refractivity contribution in [3.63, 3.8) is 0 Å². The Hall–Kier alpha value is -2.15. The van der Waals surface area contributed by atoms with E-state index in [1.807, 2.05) is 0 Å². The Kier molecular flexibility index (Phi) is 4.52. The van der Waals surface area contributed by atoms with E-state index in [2.05, 4.69) is 10.6 Å². The number of non-ortho nitro benzene ring substituents is 1. The summed E-state index contributed by atoms with van der Waals surface area (Å²) in [7, 11) is 0. The van der Waals surface area contributed by atoms with Crippen LogP contribution < -0.4 is 10.6 Å². The topological polar surface area (TPSA) is 104 Å². The zero-order valence-corrected chi connectivity index (χ0v) is 10.9. The molecular weight excluding hydrogens is 262 g/mol. The second kappa shape index (κ2) is 6.33. The highest BCUT2D eigenvalue weighted by Gasteiger charge is 2.27. The molecule has 108 valence electrons. The standard InChI is InChI=1S/C13H17N3O4/c17-8-9-2-1-3-12(9)15-13(18)14-10-4-6-11(7-5-10)16(19)20/h4-7,9,12,17H,1-3,8H2,(H2,14,15,18). The molecule has 1 aliphatic carbocycles. The molecule has 1 aromatic rings. The number of nitrogens with one attached hydrogen (secondary N) is 2. The third-order valence-electron chi connectivity index (χ3n) is 3.55. The normalized spacial score (nSPS) is 21.4. The third-order valence-corrected chi connectivity index (χ3v) is 3.55. The zero-order chi connectivity index (χ0) is 14.5. The number of nitro groups is 1. The number of carbonyl (C=O) groups excluding carboxylic acids is 1. The first-order valence-electron chi connectivity index (χ1n) is 6.53. The average Bonchev–Trinajstić information content (AvgIpc) is 2.86. The van der Waals surface area contributed by atoms with Gasteiger partial charge < -0.3 is 15.7 Å². The number of aliphatic hydroxyl groups excluding tert-OH is 1. The van der Waals surface area contributed by atoms with Crippen molar-refractivity contribution in [2.24, 2.45) is 5.92 Å². The van der Waals surface area contributed by atoms with Crippen LogP contribution in [0.1, 0.15) is 19.3 Å². The number of rotatable bonds is 4. The average molecular weight is 279 g/mol. The fourth-order valence-corrected chi connectivity index (χ4v) is 2.45.